The van der Waals surface area contributed by atoms with E-state index in [2.05, 4.69) is 5.32 Å². The van der Waals surface area contributed by atoms with Gasteiger partial charge in [0.25, 0.3) is 0 Å². The van der Waals surface area contributed by atoms with Crippen molar-refractivity contribution >= 4 is 15.2 Å². The summed E-state index contributed by atoms with van der Waals surface area (Å²) in [5.74, 6) is 0.0484. The molecule has 0 aliphatic rings. The number of nitrogens with one attached hydrogen (secondary N) is 1. The summed E-state index contributed by atoms with van der Waals surface area (Å²) in [4.78, 5) is 36.3. The van der Waals surface area contributed by atoms with Crippen LogP contribution in [0.3, 0.4) is 0 Å². The second-order valence-electron chi connectivity index (χ2n) is 7.92. The van der Waals surface area contributed by atoms with Crippen molar-refractivity contribution in [3.8, 4) is 5.75 Å². The Labute approximate surface area is 225 Å². The summed E-state index contributed by atoms with van der Waals surface area (Å²) in [6.45, 7) is 6.20. The normalized spacial score (nSPS) is 15.2. The van der Waals surface area contributed by atoms with E-state index in [1.807, 2.05) is 20.8 Å². The van der Waals surface area contributed by atoms with Crippen molar-refractivity contribution in [1.29, 1.82) is 0 Å². The Kier molecular flexibility index (Phi) is 23.5. The average Bonchev–Trinajstić information content (AvgIpc) is 2.62. The molecular weight excluding hydrogens is 525 g/mol. The molecule has 16 N–H and O–H groups in total. The van der Waals surface area contributed by atoms with E-state index in [0.717, 1.165) is 0 Å². The van der Waals surface area contributed by atoms with E-state index in [1.165, 1.54) is 6.07 Å². The summed E-state index contributed by atoms with van der Waals surface area (Å²) in [6.07, 6.45) is -1.61. The molecule has 0 radical (unpaired) electrons. The van der Waals surface area contributed by atoms with E-state index in [4.69, 9.17) is 25.5 Å². The number of hydrogen-bond acceptors (Lipinski definition) is 9. The number of nitrogens with two attached hydrogens (primary N) is 1. The first-order valence-corrected chi connectivity index (χ1v) is 12.5. The monoisotopic (exact) mass is 564 g/mol. The average molecular weight is 564 g/mol. The number of rotatable bonds is 9. The van der Waals surface area contributed by atoms with Crippen molar-refractivity contribution in [2.45, 2.75) is 56.9 Å². The van der Waals surface area contributed by atoms with Crippen molar-refractivity contribution in [3.63, 3.8) is 0 Å². The van der Waals surface area contributed by atoms with Gasteiger partial charge in [-0.1, -0.05) is 6.07 Å². The number of hydrogen-bond donors (Lipinski definition) is 9. The first-order valence-electron chi connectivity index (χ1n) is 9.27. The van der Waals surface area contributed by atoms with Crippen molar-refractivity contribution < 1.29 is 95.1 Å². The standard InChI is InChI=1S/C13H21NO3.C4H13NO7P2.Na.3H2O/c1-13(2,3)14-7-12(17)9-4-5-11(16)10(6-9)8-15;5-3-1-2-4(6,13(7,8)9)14(10,11)12;;;;/h4-6,12,14-17H,7-8H2,1-3H3;6H,1-3,5H2,(H2,7,8,9)(H2,10,11,12);;3*1H2/q;;+1;;;/p-1. The number of aliphatic hydroxyl groups is 3. The summed E-state index contributed by atoms with van der Waals surface area (Å²) >= 11 is 0. The van der Waals surface area contributed by atoms with Crippen molar-refractivity contribution in [2.24, 2.45) is 5.73 Å². The van der Waals surface area contributed by atoms with E-state index in [9.17, 15) is 29.3 Å². The van der Waals surface area contributed by atoms with E-state index in [1.54, 1.807) is 12.1 Å². The van der Waals surface area contributed by atoms with Gasteiger partial charge in [0, 0.05) is 17.6 Å². The van der Waals surface area contributed by atoms with Crippen LogP contribution in [0.4, 0.5) is 0 Å². The molecule has 0 spiro atoms. The molecular formula is C17H39N2NaO13P2. The molecule has 1 aromatic rings. The van der Waals surface area contributed by atoms with Gasteiger partial charge in [-0.15, -0.1) is 0 Å². The molecule has 0 aliphatic heterocycles. The number of benzene rings is 1. The van der Waals surface area contributed by atoms with Gasteiger partial charge in [0.15, 0.2) is 7.60 Å². The van der Waals surface area contributed by atoms with Gasteiger partial charge in [-0.25, -0.2) is 0 Å². The largest absolute Gasteiger partial charge is 1.00 e. The molecule has 0 fully saturated rings. The third-order valence-electron chi connectivity index (χ3n) is 4.12. The number of phenols is 1. The minimum absolute atomic E-state index is 0. The van der Waals surface area contributed by atoms with Crippen LogP contribution in [0.1, 0.15) is 50.8 Å². The van der Waals surface area contributed by atoms with Crippen LogP contribution in [0.15, 0.2) is 18.2 Å². The Balaban J connectivity index is -0.000000156. The quantitative estimate of drug-likeness (QED) is 0.0999. The molecule has 0 heterocycles. The predicted octanol–water partition coefficient (Wildman–Crippen LogP) is -6.07. The van der Waals surface area contributed by atoms with Crippen LogP contribution in [0.25, 0.3) is 0 Å². The van der Waals surface area contributed by atoms with E-state index >= 15 is 0 Å². The first-order chi connectivity index (χ1) is 13.9. The number of aromatic hydroxyl groups is 1. The number of aliphatic hydroxyl groups excluding tert-OH is 2. The molecule has 0 aliphatic carbocycles. The van der Waals surface area contributed by atoms with E-state index in [0.29, 0.717) is 17.7 Å². The summed E-state index contributed by atoms with van der Waals surface area (Å²) < 4.78 is 21.3. The fourth-order valence-corrected chi connectivity index (χ4v) is 4.46. The topological polar surface area (TPSA) is 331 Å². The summed E-state index contributed by atoms with van der Waals surface area (Å²) in [7, 11) is -10.9. The van der Waals surface area contributed by atoms with Gasteiger partial charge < -0.3 is 72.0 Å². The molecule has 3 unspecified atom stereocenters. The molecule has 1 aromatic carbocycles. The van der Waals surface area contributed by atoms with Gasteiger partial charge in [-0.05, 0) is 57.9 Å². The van der Waals surface area contributed by atoms with Gasteiger partial charge in [-0.2, -0.15) is 0 Å². The Morgan fingerprint density at radius 3 is 1.94 bits per heavy atom. The van der Waals surface area contributed by atoms with Crippen LogP contribution in [0.2, 0.25) is 0 Å². The Morgan fingerprint density at radius 2 is 1.60 bits per heavy atom. The van der Waals surface area contributed by atoms with Crippen molar-refractivity contribution in [2.75, 3.05) is 13.1 Å². The molecule has 0 amide bonds. The Bertz CT molecular complexity index is 777. The molecule has 15 nitrogen and oxygen atoms in total. The van der Waals surface area contributed by atoms with Gasteiger partial charge in [0.1, 0.15) is 5.75 Å². The Hall–Kier alpha value is -0.000000000000000444. The zero-order valence-electron chi connectivity index (χ0n) is 20.2. The van der Waals surface area contributed by atoms with Crippen molar-refractivity contribution in [3.05, 3.63) is 29.3 Å². The summed E-state index contributed by atoms with van der Waals surface area (Å²) in [6, 6.07) is 4.76. The maximum Gasteiger partial charge on any atom is 1.00 e. The molecule has 0 bridgehead atoms. The van der Waals surface area contributed by atoms with Gasteiger partial charge in [0.2, 0.25) is 5.08 Å². The van der Waals surface area contributed by atoms with Crippen LogP contribution in [0, 0.1) is 0 Å². The predicted molar refractivity (Wildman–Crippen MR) is 123 cm³/mol. The second kappa shape index (κ2) is 18.3. The molecule has 0 saturated carbocycles. The number of β-amino-alcohol motifs (C(OH)–C–C–N with tert-alkyl or cyclic N) is 1. The van der Waals surface area contributed by atoms with Crippen LogP contribution in [0.5, 0.6) is 5.75 Å². The van der Waals surface area contributed by atoms with Gasteiger partial charge in [-0.3, -0.25) is 4.57 Å². The van der Waals surface area contributed by atoms with Crippen LogP contribution < -0.4 is 45.5 Å². The SMILES string of the molecule is CC(C)(C)NCC(O)c1ccc(O)c(CO)c1.NCCCC(O)(P(=O)([O-])O)P(=O)(O)O.O.O.O.[Na+]. The maximum absolute atomic E-state index is 10.7. The van der Waals surface area contributed by atoms with Gasteiger partial charge in [0.05, 0.1) is 12.7 Å². The van der Waals surface area contributed by atoms with Crippen LogP contribution >= 0.6 is 15.2 Å². The zero-order valence-corrected chi connectivity index (χ0v) is 24.0. The Morgan fingerprint density at radius 1 is 1.11 bits per heavy atom. The fourth-order valence-electron chi connectivity index (χ4n) is 2.25. The first kappa shape index (κ1) is 45.0. The minimum atomic E-state index is -5.55. The smallest absolute Gasteiger partial charge is 0.776 e. The third-order valence-corrected chi connectivity index (χ3v) is 7.94. The molecule has 35 heavy (non-hydrogen) atoms. The third kappa shape index (κ3) is 15.1. The van der Waals surface area contributed by atoms with Gasteiger partial charge >= 0.3 is 37.2 Å². The molecule has 3 atom stereocenters. The van der Waals surface area contributed by atoms with E-state index in [-0.39, 0.29) is 76.8 Å². The molecule has 0 saturated heterocycles. The minimum Gasteiger partial charge on any atom is -0.776 e. The molecule has 18 heteroatoms. The van der Waals surface area contributed by atoms with Crippen LogP contribution in [-0.2, 0) is 15.7 Å². The maximum atomic E-state index is 10.7. The van der Waals surface area contributed by atoms with E-state index < -0.39 is 32.8 Å². The fraction of sp³-hybridized carbons (Fsp3) is 0.647. The molecule has 0 aromatic heterocycles. The van der Waals surface area contributed by atoms with Crippen LogP contribution in [-0.4, -0.2) is 75.2 Å². The second-order valence-corrected chi connectivity index (χ2v) is 11.9. The van der Waals surface area contributed by atoms with Crippen molar-refractivity contribution in [1.82, 2.24) is 5.32 Å². The summed E-state index contributed by atoms with van der Waals surface area (Å²) in [5, 5.41) is 37.4. The zero-order chi connectivity index (χ0) is 24.7. The molecule has 206 valence electrons. The molecule has 1 rings (SSSR count). The summed E-state index contributed by atoms with van der Waals surface area (Å²) in [5.41, 5.74) is 6.04.